The molecule has 3 heterocycles. The second-order valence-corrected chi connectivity index (χ2v) is 7.24. The molecule has 3 rings (SSSR count). The molecule has 2 N–H and O–H groups in total. The van der Waals surface area contributed by atoms with E-state index in [0.717, 1.165) is 25.1 Å². The number of amides is 1. The molecule has 1 aromatic heterocycles. The first-order chi connectivity index (χ1) is 14.9. The minimum atomic E-state index is -4.51. The van der Waals surface area contributed by atoms with Crippen molar-refractivity contribution in [3.63, 3.8) is 0 Å². The van der Waals surface area contributed by atoms with Crippen LogP contribution >= 0.6 is 24.0 Å². The molecule has 13 heteroatoms. The number of hydrogen-bond acceptors (Lipinski definition) is 6. The lowest BCUT2D eigenvalue weighted by Gasteiger charge is -2.37. The van der Waals surface area contributed by atoms with Crippen LogP contribution in [0.15, 0.2) is 17.3 Å². The number of hydrogen-bond donors (Lipinski definition) is 2. The molecular formula is C19H29F3IN7O2. The van der Waals surface area contributed by atoms with E-state index < -0.39 is 11.9 Å². The number of alkyl halides is 3. The van der Waals surface area contributed by atoms with Crippen molar-refractivity contribution in [3.05, 3.63) is 18.0 Å². The molecule has 2 fully saturated rings. The third-order valence-electron chi connectivity index (χ3n) is 5.03. The maximum atomic E-state index is 12.7. The molecule has 0 radical (unpaired) electrons. The van der Waals surface area contributed by atoms with E-state index in [1.54, 1.807) is 0 Å². The van der Waals surface area contributed by atoms with Crippen LogP contribution in [-0.4, -0.2) is 90.2 Å². The molecule has 2 aliphatic heterocycles. The molecule has 32 heavy (non-hydrogen) atoms. The van der Waals surface area contributed by atoms with Gasteiger partial charge in [-0.1, -0.05) is 0 Å². The Morgan fingerprint density at radius 2 is 2.00 bits per heavy atom. The predicted molar refractivity (Wildman–Crippen MR) is 124 cm³/mol. The number of rotatable bonds is 6. The van der Waals surface area contributed by atoms with Crippen LogP contribution in [0.5, 0.6) is 0 Å². The zero-order valence-corrected chi connectivity index (χ0v) is 20.2. The highest BCUT2D eigenvalue weighted by Gasteiger charge is 2.33. The Morgan fingerprint density at radius 1 is 1.28 bits per heavy atom. The zero-order chi connectivity index (χ0) is 22.3. The number of halogens is 4. The first kappa shape index (κ1) is 26.4. The van der Waals surface area contributed by atoms with Crippen molar-refractivity contribution in [2.75, 3.05) is 57.7 Å². The smallest absolute Gasteiger partial charge is 0.368 e. The zero-order valence-electron chi connectivity index (χ0n) is 17.9. The highest BCUT2D eigenvalue weighted by Crippen LogP contribution is 2.27. The molecule has 0 spiro atoms. The molecule has 1 unspecified atom stereocenters. The lowest BCUT2D eigenvalue weighted by molar-refractivity contribution is -0.142. The third-order valence-corrected chi connectivity index (χ3v) is 5.03. The number of aliphatic imine (C=N–C) groups is 1. The van der Waals surface area contributed by atoms with Gasteiger partial charge in [-0.3, -0.25) is 9.79 Å². The normalized spacial score (nSPS) is 19.5. The van der Waals surface area contributed by atoms with E-state index in [-0.39, 0.29) is 48.5 Å². The maximum absolute atomic E-state index is 12.7. The van der Waals surface area contributed by atoms with Crippen molar-refractivity contribution in [2.45, 2.75) is 32.0 Å². The van der Waals surface area contributed by atoms with Crippen molar-refractivity contribution in [2.24, 2.45) is 4.99 Å². The SMILES string of the molecule is CCNC(=NCCNc1nccc(C(F)(F)F)n1)N1CCN(C(=O)C2CCCO2)CC1.I. The number of carbonyl (C=O) groups excluding carboxylic acids is 1. The Morgan fingerprint density at radius 3 is 2.62 bits per heavy atom. The van der Waals surface area contributed by atoms with Gasteiger partial charge in [0.1, 0.15) is 11.8 Å². The van der Waals surface area contributed by atoms with Gasteiger partial charge in [0, 0.05) is 52.1 Å². The van der Waals surface area contributed by atoms with Crippen molar-refractivity contribution in [3.8, 4) is 0 Å². The fraction of sp³-hybridized carbons (Fsp3) is 0.684. The van der Waals surface area contributed by atoms with Gasteiger partial charge in [0.15, 0.2) is 5.96 Å². The number of aromatic nitrogens is 2. The van der Waals surface area contributed by atoms with Crippen LogP contribution in [0, 0.1) is 0 Å². The number of ether oxygens (including phenoxy) is 1. The first-order valence-corrected chi connectivity index (χ1v) is 10.5. The Hall–Kier alpha value is -1.90. The van der Waals surface area contributed by atoms with E-state index in [1.807, 2.05) is 11.8 Å². The summed E-state index contributed by atoms with van der Waals surface area (Å²) in [7, 11) is 0. The summed E-state index contributed by atoms with van der Waals surface area (Å²) in [6.07, 6.45) is -2.04. The second kappa shape index (κ2) is 12.4. The van der Waals surface area contributed by atoms with E-state index >= 15 is 0 Å². The van der Waals surface area contributed by atoms with E-state index in [0.29, 0.717) is 51.8 Å². The molecule has 9 nitrogen and oxygen atoms in total. The molecule has 180 valence electrons. The molecule has 0 saturated carbocycles. The number of nitrogens with one attached hydrogen (secondary N) is 2. The summed E-state index contributed by atoms with van der Waals surface area (Å²) in [4.78, 5) is 28.2. The van der Waals surface area contributed by atoms with Gasteiger partial charge in [-0.05, 0) is 25.8 Å². The van der Waals surface area contributed by atoms with E-state index in [9.17, 15) is 18.0 Å². The quantitative estimate of drug-likeness (QED) is 0.233. The lowest BCUT2D eigenvalue weighted by Crippen LogP contribution is -2.55. The summed E-state index contributed by atoms with van der Waals surface area (Å²) < 4.78 is 43.7. The highest BCUT2D eigenvalue weighted by molar-refractivity contribution is 14.0. The molecule has 1 amide bonds. The van der Waals surface area contributed by atoms with Crippen LogP contribution in [0.25, 0.3) is 0 Å². The molecule has 0 bridgehead atoms. The molecule has 2 aliphatic rings. The van der Waals surface area contributed by atoms with Gasteiger partial charge in [0.05, 0.1) is 6.54 Å². The van der Waals surface area contributed by atoms with Gasteiger partial charge in [-0.15, -0.1) is 24.0 Å². The average molecular weight is 571 g/mol. The summed E-state index contributed by atoms with van der Waals surface area (Å²) in [6.45, 7) is 6.39. The van der Waals surface area contributed by atoms with Gasteiger partial charge in [-0.2, -0.15) is 13.2 Å². The second-order valence-electron chi connectivity index (χ2n) is 7.24. The summed E-state index contributed by atoms with van der Waals surface area (Å²) in [5, 5.41) is 5.99. The summed E-state index contributed by atoms with van der Waals surface area (Å²) in [6, 6.07) is 0.829. The molecule has 0 aliphatic carbocycles. The number of piperazine rings is 1. The topological polar surface area (TPSA) is 95.0 Å². The van der Waals surface area contributed by atoms with Crippen LogP contribution < -0.4 is 10.6 Å². The number of carbonyl (C=O) groups is 1. The number of guanidine groups is 1. The third kappa shape index (κ3) is 7.32. The van der Waals surface area contributed by atoms with E-state index in [2.05, 4.69) is 30.5 Å². The van der Waals surface area contributed by atoms with E-state index in [1.165, 1.54) is 0 Å². The van der Waals surface area contributed by atoms with Crippen LogP contribution in [0.4, 0.5) is 19.1 Å². The van der Waals surface area contributed by atoms with Crippen LogP contribution in [-0.2, 0) is 15.7 Å². The van der Waals surface area contributed by atoms with Crippen LogP contribution in [0.1, 0.15) is 25.5 Å². The fourth-order valence-corrected chi connectivity index (χ4v) is 3.47. The van der Waals surface area contributed by atoms with Crippen molar-refractivity contribution in [1.29, 1.82) is 0 Å². The van der Waals surface area contributed by atoms with Gasteiger partial charge < -0.3 is 25.2 Å². The van der Waals surface area contributed by atoms with Crippen molar-refractivity contribution < 1.29 is 22.7 Å². The minimum Gasteiger partial charge on any atom is -0.368 e. The average Bonchev–Trinajstić information content (AvgIpc) is 3.30. The van der Waals surface area contributed by atoms with Crippen LogP contribution in [0.2, 0.25) is 0 Å². The van der Waals surface area contributed by atoms with Crippen LogP contribution in [0.3, 0.4) is 0 Å². The maximum Gasteiger partial charge on any atom is 0.433 e. The highest BCUT2D eigenvalue weighted by atomic mass is 127. The number of nitrogens with zero attached hydrogens (tertiary/aromatic N) is 5. The monoisotopic (exact) mass is 571 g/mol. The minimum absolute atomic E-state index is 0. The van der Waals surface area contributed by atoms with Crippen molar-refractivity contribution in [1.82, 2.24) is 25.1 Å². The summed E-state index contributed by atoms with van der Waals surface area (Å²) in [5.41, 5.74) is -0.989. The first-order valence-electron chi connectivity index (χ1n) is 10.5. The lowest BCUT2D eigenvalue weighted by atomic mass is 10.2. The fourth-order valence-electron chi connectivity index (χ4n) is 3.47. The Labute approximate surface area is 202 Å². The predicted octanol–water partition coefficient (Wildman–Crippen LogP) is 1.81. The molecule has 2 saturated heterocycles. The standard InChI is InChI=1S/C19H28F3N7O2.HI/c1-2-23-18(26-8-7-25-17-24-6-5-15(27-17)19(20,21)22)29-11-9-28(10-12-29)16(30)14-4-3-13-31-14;/h5-6,14H,2-4,7-13H2,1H3,(H,23,26)(H,24,25,27);1H. The van der Waals surface area contributed by atoms with Crippen molar-refractivity contribution >= 4 is 41.8 Å². The Balaban J connectivity index is 0.00000363. The summed E-state index contributed by atoms with van der Waals surface area (Å²) >= 11 is 0. The molecule has 0 aromatic carbocycles. The summed E-state index contributed by atoms with van der Waals surface area (Å²) in [5.74, 6) is 0.680. The van der Waals surface area contributed by atoms with Gasteiger partial charge >= 0.3 is 6.18 Å². The van der Waals surface area contributed by atoms with Gasteiger partial charge in [0.2, 0.25) is 5.95 Å². The molecule has 1 atom stereocenters. The van der Waals surface area contributed by atoms with Gasteiger partial charge in [-0.25, -0.2) is 9.97 Å². The molecule has 1 aromatic rings. The Kier molecular flexibility index (Phi) is 10.2. The Bertz CT molecular complexity index is 768. The molecular weight excluding hydrogens is 542 g/mol. The number of anilines is 1. The van der Waals surface area contributed by atoms with Gasteiger partial charge in [0.25, 0.3) is 5.91 Å². The van der Waals surface area contributed by atoms with E-state index in [4.69, 9.17) is 4.74 Å². The largest absolute Gasteiger partial charge is 0.433 e.